The Morgan fingerprint density at radius 1 is 1.29 bits per heavy atom. The van der Waals surface area contributed by atoms with Gasteiger partial charge in [-0.1, -0.05) is 30.3 Å². The van der Waals surface area contributed by atoms with Gasteiger partial charge in [-0.2, -0.15) is 0 Å². The summed E-state index contributed by atoms with van der Waals surface area (Å²) >= 11 is 5.90. The van der Waals surface area contributed by atoms with Crippen molar-refractivity contribution in [3.05, 3.63) is 35.9 Å². The van der Waals surface area contributed by atoms with Gasteiger partial charge < -0.3 is 4.90 Å². The van der Waals surface area contributed by atoms with Gasteiger partial charge in [-0.15, -0.1) is 11.6 Å². The molecule has 1 nitrogen and oxygen atoms in total. The largest absolute Gasteiger partial charge is 0.302 e. The average molecular weight is 212 g/mol. The van der Waals surface area contributed by atoms with Crippen molar-refractivity contribution in [3.63, 3.8) is 0 Å². The quantitative estimate of drug-likeness (QED) is 0.677. The molecule has 0 N–H and O–H groups in total. The van der Waals surface area contributed by atoms with E-state index < -0.39 is 0 Å². The Labute approximate surface area is 91.7 Å². The van der Waals surface area contributed by atoms with E-state index in [2.05, 4.69) is 36.2 Å². The molecule has 0 bridgehead atoms. The molecule has 0 heterocycles. The molecule has 0 aliphatic heterocycles. The molecule has 1 aromatic carbocycles. The molecule has 1 aromatic rings. The van der Waals surface area contributed by atoms with Crippen LogP contribution < -0.4 is 0 Å². The Bertz CT molecular complexity index is 246. The summed E-state index contributed by atoms with van der Waals surface area (Å²) in [5.74, 6) is 0. The third-order valence-electron chi connectivity index (χ3n) is 2.20. The van der Waals surface area contributed by atoms with Gasteiger partial charge in [-0.05, 0) is 32.5 Å². The van der Waals surface area contributed by atoms with Crippen molar-refractivity contribution in [2.45, 2.75) is 25.3 Å². The molecule has 1 unspecified atom stereocenters. The lowest BCUT2D eigenvalue weighted by atomic mass is 10.2. The van der Waals surface area contributed by atoms with Gasteiger partial charge in [0.15, 0.2) is 0 Å². The second-order valence-electron chi connectivity index (χ2n) is 3.79. The first-order valence-electron chi connectivity index (χ1n) is 5.05. The summed E-state index contributed by atoms with van der Waals surface area (Å²) in [5.41, 5.74) is 1.36. The number of benzene rings is 1. The van der Waals surface area contributed by atoms with Gasteiger partial charge in [0.05, 0.1) is 0 Å². The fourth-order valence-electron chi connectivity index (χ4n) is 1.37. The second-order valence-corrected chi connectivity index (χ2v) is 4.54. The molecule has 0 spiro atoms. The highest BCUT2D eigenvalue weighted by Gasteiger charge is 2.01. The number of alkyl halides is 1. The summed E-state index contributed by atoms with van der Waals surface area (Å²) in [6.07, 6.45) is 1.05. The second kappa shape index (κ2) is 6.05. The van der Waals surface area contributed by atoms with Crippen molar-refractivity contribution in [1.82, 2.24) is 4.90 Å². The lowest BCUT2D eigenvalue weighted by Crippen LogP contribution is -2.20. The predicted octanol–water partition coefficient (Wildman–Crippen LogP) is 3.14. The number of rotatable bonds is 5. The van der Waals surface area contributed by atoms with Crippen LogP contribution in [0.15, 0.2) is 30.3 Å². The van der Waals surface area contributed by atoms with Crippen LogP contribution in [0.5, 0.6) is 0 Å². The van der Waals surface area contributed by atoms with Crippen LogP contribution in [-0.4, -0.2) is 23.9 Å². The SMILES string of the molecule is CC(Cl)CCN(C)Cc1ccccc1. The van der Waals surface area contributed by atoms with Crippen LogP contribution in [-0.2, 0) is 6.54 Å². The van der Waals surface area contributed by atoms with Crippen LogP contribution in [0.3, 0.4) is 0 Å². The van der Waals surface area contributed by atoms with Crippen LogP contribution in [0.25, 0.3) is 0 Å². The van der Waals surface area contributed by atoms with E-state index in [-0.39, 0.29) is 5.38 Å². The van der Waals surface area contributed by atoms with Crippen LogP contribution in [0.2, 0.25) is 0 Å². The van der Waals surface area contributed by atoms with Crippen molar-refractivity contribution >= 4 is 11.6 Å². The lowest BCUT2D eigenvalue weighted by molar-refractivity contribution is 0.322. The van der Waals surface area contributed by atoms with E-state index in [9.17, 15) is 0 Å². The highest BCUT2D eigenvalue weighted by Crippen LogP contribution is 2.05. The first-order valence-corrected chi connectivity index (χ1v) is 5.48. The predicted molar refractivity (Wildman–Crippen MR) is 62.7 cm³/mol. The summed E-state index contributed by atoms with van der Waals surface area (Å²) < 4.78 is 0. The van der Waals surface area contributed by atoms with Gasteiger partial charge >= 0.3 is 0 Å². The number of halogens is 1. The maximum absolute atomic E-state index is 5.90. The molecule has 0 amide bonds. The average Bonchev–Trinajstić information content (AvgIpc) is 2.16. The van der Waals surface area contributed by atoms with E-state index in [0.717, 1.165) is 19.5 Å². The fourth-order valence-corrected chi connectivity index (χ4v) is 1.47. The molecule has 0 fully saturated rings. The smallest absolute Gasteiger partial charge is 0.0320 e. The van der Waals surface area contributed by atoms with Crippen LogP contribution in [0, 0.1) is 0 Å². The highest BCUT2D eigenvalue weighted by molar-refractivity contribution is 6.20. The molecule has 1 atom stereocenters. The molecule has 0 saturated heterocycles. The summed E-state index contributed by atoms with van der Waals surface area (Å²) in [5, 5.41) is 0.272. The molecule has 0 aliphatic rings. The topological polar surface area (TPSA) is 3.24 Å². The molecular formula is C12H18ClN. The molecule has 2 heteroatoms. The van der Waals surface area contributed by atoms with Crippen molar-refractivity contribution in [3.8, 4) is 0 Å². The Balaban J connectivity index is 2.30. The number of hydrogen-bond donors (Lipinski definition) is 0. The highest BCUT2D eigenvalue weighted by atomic mass is 35.5. The summed E-state index contributed by atoms with van der Waals surface area (Å²) in [7, 11) is 2.13. The monoisotopic (exact) mass is 211 g/mol. The zero-order valence-corrected chi connectivity index (χ0v) is 9.67. The molecule has 0 aliphatic carbocycles. The maximum Gasteiger partial charge on any atom is 0.0320 e. The van der Waals surface area contributed by atoms with Gasteiger partial charge in [0, 0.05) is 11.9 Å². The third kappa shape index (κ3) is 4.64. The van der Waals surface area contributed by atoms with E-state index in [1.54, 1.807) is 0 Å². The Hall–Kier alpha value is -0.530. The summed E-state index contributed by atoms with van der Waals surface area (Å²) in [6, 6.07) is 10.5. The first kappa shape index (κ1) is 11.5. The van der Waals surface area contributed by atoms with Crippen molar-refractivity contribution in [2.75, 3.05) is 13.6 Å². The zero-order chi connectivity index (χ0) is 10.4. The minimum atomic E-state index is 0.272. The standard InChI is InChI=1S/C12H18ClN/c1-11(13)8-9-14(2)10-12-6-4-3-5-7-12/h3-7,11H,8-10H2,1-2H3. The van der Waals surface area contributed by atoms with Crippen molar-refractivity contribution in [2.24, 2.45) is 0 Å². The molecule has 0 saturated carbocycles. The molecule has 14 heavy (non-hydrogen) atoms. The lowest BCUT2D eigenvalue weighted by Gasteiger charge is -2.17. The minimum Gasteiger partial charge on any atom is -0.302 e. The Kier molecular flexibility index (Phi) is 4.99. The molecule has 1 rings (SSSR count). The van der Waals surface area contributed by atoms with Crippen LogP contribution in [0.1, 0.15) is 18.9 Å². The number of hydrogen-bond acceptors (Lipinski definition) is 1. The fraction of sp³-hybridized carbons (Fsp3) is 0.500. The third-order valence-corrected chi connectivity index (χ3v) is 2.42. The van der Waals surface area contributed by atoms with Gasteiger partial charge in [0.25, 0.3) is 0 Å². The normalized spacial score (nSPS) is 13.1. The van der Waals surface area contributed by atoms with E-state index in [1.165, 1.54) is 5.56 Å². The van der Waals surface area contributed by atoms with Crippen molar-refractivity contribution in [1.29, 1.82) is 0 Å². The Morgan fingerprint density at radius 3 is 2.50 bits per heavy atom. The van der Waals surface area contributed by atoms with E-state index >= 15 is 0 Å². The zero-order valence-electron chi connectivity index (χ0n) is 8.91. The number of nitrogens with zero attached hydrogens (tertiary/aromatic N) is 1. The molecule has 0 aromatic heterocycles. The van der Waals surface area contributed by atoms with E-state index in [0.29, 0.717) is 0 Å². The first-order chi connectivity index (χ1) is 6.68. The van der Waals surface area contributed by atoms with Gasteiger partial charge in [-0.3, -0.25) is 0 Å². The summed E-state index contributed by atoms with van der Waals surface area (Å²) in [4.78, 5) is 2.30. The summed E-state index contributed by atoms with van der Waals surface area (Å²) in [6.45, 7) is 4.10. The van der Waals surface area contributed by atoms with E-state index in [1.807, 2.05) is 13.0 Å². The van der Waals surface area contributed by atoms with Crippen LogP contribution >= 0.6 is 11.6 Å². The molecule has 0 radical (unpaired) electrons. The van der Waals surface area contributed by atoms with Gasteiger partial charge in [0.2, 0.25) is 0 Å². The maximum atomic E-state index is 5.90. The minimum absolute atomic E-state index is 0.272. The van der Waals surface area contributed by atoms with E-state index in [4.69, 9.17) is 11.6 Å². The van der Waals surface area contributed by atoms with Crippen LogP contribution in [0.4, 0.5) is 0 Å². The molecular weight excluding hydrogens is 194 g/mol. The van der Waals surface area contributed by atoms with Gasteiger partial charge in [-0.25, -0.2) is 0 Å². The Morgan fingerprint density at radius 2 is 1.93 bits per heavy atom. The van der Waals surface area contributed by atoms with Gasteiger partial charge in [0.1, 0.15) is 0 Å². The van der Waals surface area contributed by atoms with Crippen molar-refractivity contribution < 1.29 is 0 Å². The molecule has 78 valence electrons.